The van der Waals surface area contributed by atoms with Crippen molar-refractivity contribution < 1.29 is 0 Å². The third-order valence-corrected chi connectivity index (χ3v) is 2.55. The summed E-state index contributed by atoms with van der Waals surface area (Å²) in [4.78, 5) is 4.30. The molecule has 0 radical (unpaired) electrons. The van der Waals surface area contributed by atoms with Crippen molar-refractivity contribution in [3.63, 3.8) is 0 Å². The Kier molecular flexibility index (Phi) is 2.69. The number of nitrogens with zero attached hydrogens (tertiary/aromatic N) is 1. The number of aryl methyl sites for hydroxylation is 1. The Hall–Kier alpha value is -1.08. The molecule has 0 N–H and O–H groups in total. The zero-order valence-electron chi connectivity index (χ0n) is 8.13. The predicted octanol–water partition coefficient (Wildman–Crippen LogP) is 3.84. The molecule has 1 aromatic carbocycles. The molecule has 2 heteroatoms. The van der Waals surface area contributed by atoms with Gasteiger partial charge in [-0.15, -0.1) is 0 Å². The first-order chi connectivity index (χ1) is 6.81. The Morgan fingerprint density at radius 1 is 1.29 bits per heavy atom. The van der Waals surface area contributed by atoms with E-state index in [0.29, 0.717) is 0 Å². The van der Waals surface area contributed by atoms with Gasteiger partial charge in [-0.2, -0.15) is 0 Å². The highest BCUT2D eigenvalue weighted by atomic mass is 35.5. The van der Waals surface area contributed by atoms with Gasteiger partial charge in [0.05, 0.1) is 5.52 Å². The molecular formula is C12H12ClN. The lowest BCUT2D eigenvalue weighted by Gasteiger charge is -2.04. The van der Waals surface area contributed by atoms with Crippen LogP contribution in [0.3, 0.4) is 0 Å². The van der Waals surface area contributed by atoms with E-state index in [2.05, 4.69) is 24.0 Å². The van der Waals surface area contributed by atoms with Gasteiger partial charge in [-0.1, -0.05) is 31.0 Å². The predicted molar refractivity (Wildman–Crippen MR) is 60.7 cm³/mol. The van der Waals surface area contributed by atoms with Crippen LogP contribution in [0.5, 0.6) is 0 Å². The number of fused-ring (bicyclic) bond motifs is 1. The minimum Gasteiger partial charge on any atom is -0.256 e. The van der Waals surface area contributed by atoms with Crippen LogP contribution < -0.4 is 0 Å². The Morgan fingerprint density at radius 2 is 2.14 bits per heavy atom. The largest absolute Gasteiger partial charge is 0.256 e. The zero-order chi connectivity index (χ0) is 9.97. The molecule has 2 rings (SSSR count). The van der Waals surface area contributed by atoms with Crippen LogP contribution in [-0.4, -0.2) is 4.98 Å². The summed E-state index contributed by atoms with van der Waals surface area (Å²) in [6, 6.07) is 7.97. The van der Waals surface area contributed by atoms with E-state index in [4.69, 9.17) is 11.6 Å². The maximum absolute atomic E-state index is 5.91. The zero-order valence-corrected chi connectivity index (χ0v) is 8.88. The summed E-state index contributed by atoms with van der Waals surface area (Å²) in [6.45, 7) is 2.18. The van der Waals surface area contributed by atoms with Crippen LogP contribution in [0.25, 0.3) is 10.9 Å². The fourth-order valence-electron chi connectivity index (χ4n) is 1.67. The molecule has 1 heterocycles. The second-order valence-corrected chi connectivity index (χ2v) is 3.82. The molecule has 0 bridgehead atoms. The first-order valence-electron chi connectivity index (χ1n) is 4.84. The lowest BCUT2D eigenvalue weighted by Crippen LogP contribution is -1.87. The van der Waals surface area contributed by atoms with Crippen molar-refractivity contribution in [2.24, 2.45) is 0 Å². The van der Waals surface area contributed by atoms with Crippen LogP contribution in [0.15, 0.2) is 30.5 Å². The molecular weight excluding hydrogens is 194 g/mol. The Labute approximate surface area is 88.7 Å². The van der Waals surface area contributed by atoms with E-state index in [1.165, 1.54) is 10.9 Å². The fourth-order valence-corrected chi connectivity index (χ4v) is 1.83. The average Bonchev–Trinajstić information content (AvgIpc) is 2.18. The van der Waals surface area contributed by atoms with Crippen molar-refractivity contribution in [1.29, 1.82) is 0 Å². The number of hydrogen-bond acceptors (Lipinski definition) is 1. The van der Waals surface area contributed by atoms with Crippen LogP contribution in [0.1, 0.15) is 18.9 Å². The molecule has 0 aliphatic rings. The SMILES string of the molecule is CCCc1ccnc2cc(Cl)ccc12. The van der Waals surface area contributed by atoms with Crippen LogP contribution in [0.4, 0.5) is 0 Å². The molecule has 0 spiro atoms. The van der Waals surface area contributed by atoms with Gasteiger partial charge in [-0.25, -0.2) is 0 Å². The average molecular weight is 206 g/mol. The lowest BCUT2D eigenvalue weighted by atomic mass is 10.1. The number of aromatic nitrogens is 1. The highest BCUT2D eigenvalue weighted by Crippen LogP contribution is 2.21. The van der Waals surface area contributed by atoms with Gasteiger partial charge in [-0.05, 0) is 30.2 Å². The number of rotatable bonds is 2. The molecule has 0 atom stereocenters. The van der Waals surface area contributed by atoms with Crippen molar-refractivity contribution in [1.82, 2.24) is 4.98 Å². The molecule has 0 amide bonds. The third kappa shape index (κ3) is 1.73. The molecule has 14 heavy (non-hydrogen) atoms. The third-order valence-electron chi connectivity index (χ3n) is 2.31. The number of halogens is 1. The van der Waals surface area contributed by atoms with E-state index in [-0.39, 0.29) is 0 Å². The molecule has 0 saturated heterocycles. The van der Waals surface area contributed by atoms with Gasteiger partial charge < -0.3 is 0 Å². The number of benzene rings is 1. The molecule has 0 saturated carbocycles. The van der Waals surface area contributed by atoms with Crippen molar-refractivity contribution in [2.45, 2.75) is 19.8 Å². The van der Waals surface area contributed by atoms with E-state index in [0.717, 1.165) is 23.4 Å². The maximum atomic E-state index is 5.91. The first kappa shape index (κ1) is 9.47. The molecule has 72 valence electrons. The molecule has 0 aliphatic carbocycles. The summed E-state index contributed by atoms with van der Waals surface area (Å²) < 4.78 is 0. The summed E-state index contributed by atoms with van der Waals surface area (Å²) in [5.74, 6) is 0. The van der Waals surface area contributed by atoms with E-state index in [9.17, 15) is 0 Å². The Morgan fingerprint density at radius 3 is 2.93 bits per heavy atom. The monoisotopic (exact) mass is 205 g/mol. The van der Waals surface area contributed by atoms with Crippen molar-refractivity contribution in [3.05, 3.63) is 41.0 Å². The summed E-state index contributed by atoms with van der Waals surface area (Å²) >= 11 is 5.91. The van der Waals surface area contributed by atoms with E-state index >= 15 is 0 Å². The molecule has 1 aromatic heterocycles. The van der Waals surface area contributed by atoms with E-state index in [1.807, 2.05) is 18.3 Å². The minimum atomic E-state index is 0.749. The highest BCUT2D eigenvalue weighted by Gasteiger charge is 2.00. The Bertz CT molecular complexity index is 451. The van der Waals surface area contributed by atoms with E-state index in [1.54, 1.807) is 0 Å². The van der Waals surface area contributed by atoms with Crippen molar-refractivity contribution in [2.75, 3.05) is 0 Å². The number of hydrogen-bond donors (Lipinski definition) is 0. The molecule has 2 aromatic rings. The summed E-state index contributed by atoms with van der Waals surface area (Å²) in [6.07, 6.45) is 4.10. The summed E-state index contributed by atoms with van der Waals surface area (Å²) in [5.41, 5.74) is 2.35. The first-order valence-corrected chi connectivity index (χ1v) is 5.22. The quantitative estimate of drug-likeness (QED) is 0.726. The van der Waals surface area contributed by atoms with Gasteiger partial charge in [0.25, 0.3) is 0 Å². The molecule has 0 unspecified atom stereocenters. The van der Waals surface area contributed by atoms with Gasteiger partial charge in [-0.3, -0.25) is 4.98 Å². The second kappa shape index (κ2) is 3.97. The molecule has 0 fully saturated rings. The normalized spacial score (nSPS) is 10.7. The summed E-state index contributed by atoms with van der Waals surface area (Å²) in [5, 5.41) is 1.97. The van der Waals surface area contributed by atoms with E-state index < -0.39 is 0 Å². The van der Waals surface area contributed by atoms with Gasteiger partial charge >= 0.3 is 0 Å². The lowest BCUT2D eigenvalue weighted by molar-refractivity contribution is 0.928. The number of pyridine rings is 1. The summed E-state index contributed by atoms with van der Waals surface area (Å²) in [7, 11) is 0. The van der Waals surface area contributed by atoms with Gasteiger partial charge in [0.1, 0.15) is 0 Å². The van der Waals surface area contributed by atoms with Crippen LogP contribution in [-0.2, 0) is 6.42 Å². The highest BCUT2D eigenvalue weighted by molar-refractivity contribution is 6.31. The van der Waals surface area contributed by atoms with Crippen LogP contribution in [0, 0.1) is 0 Å². The van der Waals surface area contributed by atoms with Crippen molar-refractivity contribution >= 4 is 22.5 Å². The Balaban J connectivity index is 2.62. The van der Waals surface area contributed by atoms with Crippen LogP contribution in [0.2, 0.25) is 5.02 Å². The minimum absolute atomic E-state index is 0.749. The van der Waals surface area contributed by atoms with Crippen LogP contribution >= 0.6 is 11.6 Å². The van der Waals surface area contributed by atoms with Crippen molar-refractivity contribution in [3.8, 4) is 0 Å². The van der Waals surface area contributed by atoms with Gasteiger partial charge in [0, 0.05) is 16.6 Å². The standard InChI is InChI=1S/C12H12ClN/c1-2-3-9-6-7-14-12-8-10(13)4-5-11(9)12/h4-8H,2-3H2,1H3. The maximum Gasteiger partial charge on any atom is 0.0719 e. The molecule has 0 aliphatic heterocycles. The molecule has 1 nitrogen and oxygen atoms in total. The van der Waals surface area contributed by atoms with Gasteiger partial charge in [0.2, 0.25) is 0 Å². The fraction of sp³-hybridized carbons (Fsp3) is 0.250. The second-order valence-electron chi connectivity index (χ2n) is 3.38. The smallest absolute Gasteiger partial charge is 0.0719 e. The topological polar surface area (TPSA) is 12.9 Å². The van der Waals surface area contributed by atoms with Gasteiger partial charge in [0.15, 0.2) is 0 Å².